The van der Waals surface area contributed by atoms with Crippen LogP contribution < -0.4 is 0 Å². The standard InChI is InChI=1S/C14H29N3O2/c1-6-14(2,3)15-13-16(9-11-18-4)7-8-17(13)10-12-19-5/h6-12H2,1-5H3. The van der Waals surface area contributed by atoms with Gasteiger partial charge in [-0.2, -0.15) is 0 Å². The van der Waals surface area contributed by atoms with E-state index in [1.165, 1.54) is 0 Å². The first-order valence-corrected chi connectivity index (χ1v) is 7.11. The minimum absolute atomic E-state index is 0.0175. The Balaban J connectivity index is 2.78. The Morgan fingerprint density at radius 3 is 1.89 bits per heavy atom. The Hall–Kier alpha value is -0.810. The fourth-order valence-electron chi connectivity index (χ4n) is 1.96. The second kappa shape index (κ2) is 7.70. The van der Waals surface area contributed by atoms with Crippen LogP contribution in [-0.4, -0.2) is 74.9 Å². The Bertz CT molecular complexity index is 274. The van der Waals surface area contributed by atoms with Crippen molar-refractivity contribution in [1.82, 2.24) is 9.80 Å². The summed E-state index contributed by atoms with van der Waals surface area (Å²) in [7, 11) is 3.48. The summed E-state index contributed by atoms with van der Waals surface area (Å²) < 4.78 is 10.4. The van der Waals surface area contributed by atoms with E-state index in [2.05, 4.69) is 30.6 Å². The fourth-order valence-corrected chi connectivity index (χ4v) is 1.96. The predicted octanol–water partition coefficient (Wildman–Crippen LogP) is 1.44. The van der Waals surface area contributed by atoms with Gasteiger partial charge in [0.05, 0.1) is 18.8 Å². The van der Waals surface area contributed by atoms with Gasteiger partial charge in [0.15, 0.2) is 5.96 Å². The number of hydrogen-bond acceptors (Lipinski definition) is 3. The number of ether oxygens (including phenoxy) is 2. The number of aliphatic imine (C=N–C) groups is 1. The van der Waals surface area contributed by atoms with Gasteiger partial charge in [-0.15, -0.1) is 0 Å². The average molecular weight is 271 g/mol. The average Bonchev–Trinajstić information content (AvgIpc) is 2.75. The third-order valence-corrected chi connectivity index (χ3v) is 3.60. The zero-order valence-electron chi connectivity index (χ0n) is 13.1. The summed E-state index contributed by atoms with van der Waals surface area (Å²) >= 11 is 0. The number of nitrogens with zero attached hydrogens (tertiary/aromatic N) is 3. The van der Waals surface area contributed by atoms with Crippen molar-refractivity contribution in [3.8, 4) is 0 Å². The minimum Gasteiger partial charge on any atom is -0.383 e. The molecular formula is C14H29N3O2. The van der Waals surface area contributed by atoms with Crippen LogP contribution in [0.25, 0.3) is 0 Å². The zero-order chi connectivity index (χ0) is 14.3. The minimum atomic E-state index is -0.0175. The molecule has 0 amide bonds. The quantitative estimate of drug-likeness (QED) is 0.669. The molecule has 0 bridgehead atoms. The molecule has 1 heterocycles. The molecule has 1 aliphatic rings. The molecule has 0 atom stereocenters. The first-order valence-electron chi connectivity index (χ1n) is 7.11. The van der Waals surface area contributed by atoms with Crippen LogP contribution in [0.3, 0.4) is 0 Å². The van der Waals surface area contributed by atoms with Crippen LogP contribution in [0.4, 0.5) is 0 Å². The molecule has 0 aliphatic carbocycles. The second-order valence-corrected chi connectivity index (χ2v) is 5.54. The molecule has 0 saturated carbocycles. The van der Waals surface area contributed by atoms with Gasteiger partial charge in [0.25, 0.3) is 0 Å². The van der Waals surface area contributed by atoms with Crippen molar-refractivity contribution in [2.75, 3.05) is 53.6 Å². The Morgan fingerprint density at radius 1 is 1.05 bits per heavy atom. The summed E-state index contributed by atoms with van der Waals surface area (Å²) in [5.41, 5.74) is -0.0175. The predicted molar refractivity (Wildman–Crippen MR) is 78.7 cm³/mol. The molecule has 1 aliphatic heterocycles. The van der Waals surface area contributed by atoms with Crippen molar-refractivity contribution in [2.45, 2.75) is 32.7 Å². The molecule has 1 saturated heterocycles. The van der Waals surface area contributed by atoms with Gasteiger partial charge < -0.3 is 19.3 Å². The lowest BCUT2D eigenvalue weighted by atomic mass is 10.0. The Labute approximate surface area is 117 Å². The van der Waals surface area contributed by atoms with E-state index >= 15 is 0 Å². The smallest absolute Gasteiger partial charge is 0.197 e. The van der Waals surface area contributed by atoms with Crippen LogP contribution in [0.15, 0.2) is 4.99 Å². The summed E-state index contributed by atoms with van der Waals surface area (Å²) in [5, 5.41) is 0. The lowest BCUT2D eigenvalue weighted by Crippen LogP contribution is -2.39. The summed E-state index contributed by atoms with van der Waals surface area (Å²) in [6.07, 6.45) is 1.03. The third kappa shape index (κ3) is 4.99. The normalized spacial score (nSPS) is 16.4. The highest BCUT2D eigenvalue weighted by Crippen LogP contribution is 2.18. The number of rotatable bonds is 8. The van der Waals surface area contributed by atoms with Crippen LogP contribution in [-0.2, 0) is 9.47 Å². The lowest BCUT2D eigenvalue weighted by molar-refractivity contribution is 0.176. The van der Waals surface area contributed by atoms with Crippen molar-refractivity contribution < 1.29 is 9.47 Å². The molecule has 1 rings (SSSR count). The van der Waals surface area contributed by atoms with E-state index in [1.807, 2.05) is 0 Å². The second-order valence-electron chi connectivity index (χ2n) is 5.54. The lowest BCUT2D eigenvalue weighted by Gasteiger charge is -2.27. The van der Waals surface area contributed by atoms with Crippen LogP contribution in [0.5, 0.6) is 0 Å². The van der Waals surface area contributed by atoms with Gasteiger partial charge in [-0.25, -0.2) is 4.99 Å². The van der Waals surface area contributed by atoms with E-state index in [-0.39, 0.29) is 5.54 Å². The van der Waals surface area contributed by atoms with E-state index in [0.29, 0.717) is 0 Å². The van der Waals surface area contributed by atoms with Crippen molar-refractivity contribution in [3.05, 3.63) is 0 Å². The highest BCUT2D eigenvalue weighted by Gasteiger charge is 2.28. The molecule has 0 spiro atoms. The molecular weight excluding hydrogens is 242 g/mol. The van der Waals surface area contributed by atoms with E-state index in [1.54, 1.807) is 14.2 Å². The van der Waals surface area contributed by atoms with Gasteiger partial charge in [-0.3, -0.25) is 0 Å². The highest BCUT2D eigenvalue weighted by molar-refractivity contribution is 5.82. The number of methoxy groups -OCH3 is 2. The summed E-state index contributed by atoms with van der Waals surface area (Å²) in [6.45, 7) is 11.9. The first kappa shape index (κ1) is 16.2. The number of hydrogen-bond donors (Lipinski definition) is 0. The van der Waals surface area contributed by atoms with Gasteiger partial charge in [-0.1, -0.05) is 6.92 Å². The first-order chi connectivity index (χ1) is 9.04. The highest BCUT2D eigenvalue weighted by atomic mass is 16.5. The monoisotopic (exact) mass is 271 g/mol. The third-order valence-electron chi connectivity index (χ3n) is 3.60. The van der Waals surface area contributed by atoms with E-state index in [0.717, 1.165) is 51.8 Å². The van der Waals surface area contributed by atoms with E-state index in [9.17, 15) is 0 Å². The molecule has 0 aromatic heterocycles. The van der Waals surface area contributed by atoms with Crippen molar-refractivity contribution >= 4 is 5.96 Å². The van der Waals surface area contributed by atoms with Gasteiger partial charge >= 0.3 is 0 Å². The summed E-state index contributed by atoms with van der Waals surface area (Å²) in [4.78, 5) is 9.58. The van der Waals surface area contributed by atoms with E-state index < -0.39 is 0 Å². The molecule has 1 fully saturated rings. The van der Waals surface area contributed by atoms with Crippen LogP contribution in [0.1, 0.15) is 27.2 Å². The SMILES string of the molecule is CCC(C)(C)N=C1N(CCOC)CCN1CCOC. The molecule has 0 unspecified atom stereocenters. The van der Waals surface area contributed by atoms with Crippen LogP contribution >= 0.6 is 0 Å². The van der Waals surface area contributed by atoms with Gasteiger partial charge in [0.1, 0.15) is 0 Å². The van der Waals surface area contributed by atoms with Gasteiger partial charge in [0, 0.05) is 40.4 Å². The Morgan fingerprint density at radius 2 is 1.53 bits per heavy atom. The molecule has 5 heteroatoms. The maximum absolute atomic E-state index is 5.19. The molecule has 0 radical (unpaired) electrons. The molecule has 0 N–H and O–H groups in total. The largest absolute Gasteiger partial charge is 0.383 e. The maximum Gasteiger partial charge on any atom is 0.197 e. The maximum atomic E-state index is 5.19. The van der Waals surface area contributed by atoms with Crippen molar-refractivity contribution in [2.24, 2.45) is 4.99 Å². The molecule has 0 aromatic rings. The fraction of sp³-hybridized carbons (Fsp3) is 0.929. The van der Waals surface area contributed by atoms with E-state index in [4.69, 9.17) is 14.5 Å². The van der Waals surface area contributed by atoms with Gasteiger partial charge in [-0.05, 0) is 20.3 Å². The van der Waals surface area contributed by atoms with Gasteiger partial charge in [0.2, 0.25) is 0 Å². The zero-order valence-corrected chi connectivity index (χ0v) is 13.1. The molecule has 0 aromatic carbocycles. The topological polar surface area (TPSA) is 37.3 Å². The molecule has 19 heavy (non-hydrogen) atoms. The molecule has 5 nitrogen and oxygen atoms in total. The van der Waals surface area contributed by atoms with Crippen molar-refractivity contribution in [1.29, 1.82) is 0 Å². The van der Waals surface area contributed by atoms with Crippen LogP contribution in [0.2, 0.25) is 0 Å². The summed E-state index contributed by atoms with van der Waals surface area (Å²) in [5.74, 6) is 1.10. The number of guanidine groups is 1. The summed E-state index contributed by atoms with van der Waals surface area (Å²) in [6, 6.07) is 0. The van der Waals surface area contributed by atoms with Crippen LogP contribution in [0, 0.1) is 0 Å². The Kier molecular flexibility index (Phi) is 6.58. The molecule has 112 valence electrons. The van der Waals surface area contributed by atoms with Crippen molar-refractivity contribution in [3.63, 3.8) is 0 Å².